The van der Waals surface area contributed by atoms with Crippen molar-refractivity contribution in [1.82, 2.24) is 31.9 Å². The van der Waals surface area contributed by atoms with Crippen molar-refractivity contribution in [1.29, 1.82) is 0 Å². The van der Waals surface area contributed by atoms with Gasteiger partial charge in [-0.3, -0.25) is 9.59 Å². The molecule has 2 bridgehead atoms. The Hall–Kier alpha value is -6.52. The lowest BCUT2D eigenvalue weighted by molar-refractivity contribution is -0.140. The third-order valence-electron chi connectivity index (χ3n) is 10.5. The van der Waals surface area contributed by atoms with Gasteiger partial charge in [0.1, 0.15) is 23.3 Å². The van der Waals surface area contributed by atoms with Gasteiger partial charge in [0.25, 0.3) is 0 Å². The SMILES string of the molecule is CC(C)(C)OC(=O)N[C@H](Cc1ccccc1)C(=O)O.CC(C)(C)OC(=O)N[C@H](Cc1ccccc1)C(=O)O.CC(C)[C@@H]1NCc2ccc(c3ccccc23)CN[C@@H](C(C)C)C(=O)NCCCNC1=O. The first-order valence-electron chi connectivity index (χ1n) is 23.5. The Bertz CT molecular complexity index is 2120. The van der Waals surface area contributed by atoms with E-state index in [9.17, 15) is 28.8 Å². The second kappa shape index (κ2) is 27.5. The van der Waals surface area contributed by atoms with Gasteiger partial charge in [-0.05, 0) is 92.8 Å². The van der Waals surface area contributed by atoms with Gasteiger partial charge in [-0.25, -0.2) is 19.2 Å². The lowest BCUT2D eigenvalue weighted by atomic mass is 9.97. The molecule has 4 aromatic carbocycles. The zero-order valence-corrected chi connectivity index (χ0v) is 41.8. The number of alkyl carbamates (subject to hydrolysis) is 2. The van der Waals surface area contributed by atoms with Crippen molar-refractivity contribution in [2.75, 3.05) is 13.1 Å². The second-order valence-corrected chi connectivity index (χ2v) is 19.5. The van der Waals surface area contributed by atoms with Crippen LogP contribution in [0.4, 0.5) is 9.59 Å². The first-order valence-corrected chi connectivity index (χ1v) is 23.5. The molecule has 1 heterocycles. The van der Waals surface area contributed by atoms with Crippen molar-refractivity contribution in [2.45, 2.75) is 137 Å². The monoisotopic (exact) mass is 955 g/mol. The zero-order valence-electron chi connectivity index (χ0n) is 41.8. The number of hydrogen-bond acceptors (Lipinski definition) is 10. The lowest BCUT2D eigenvalue weighted by Crippen LogP contribution is -2.48. The summed E-state index contributed by atoms with van der Waals surface area (Å²) in [6.45, 7) is 20.9. The summed E-state index contributed by atoms with van der Waals surface area (Å²) >= 11 is 0. The second-order valence-electron chi connectivity index (χ2n) is 19.5. The molecule has 4 aromatic rings. The van der Waals surface area contributed by atoms with Gasteiger partial charge in [0.2, 0.25) is 11.8 Å². The Kier molecular flexibility index (Phi) is 22.6. The molecule has 16 heteroatoms. The minimum atomic E-state index is -1.09. The van der Waals surface area contributed by atoms with Crippen molar-refractivity contribution in [3.05, 3.63) is 119 Å². The molecular formula is C53H74N6O10. The molecule has 0 radical (unpaired) electrons. The standard InChI is InChI=1S/C25H36N4O2.2C14H19NO4/c1-16(2)22-24(30)26-12-7-13-27-25(31)23(17(3)4)29-15-19-11-10-18(14-28-22)20-8-5-6-9-21(19)20;2*1-14(2,3)19-13(18)15-11(12(16)17)9-10-7-5-4-6-8-10/h5-6,8-11,16-17,22-23,28-29H,7,12-15H2,1-4H3,(H,26,30)(H,27,31);2*4-8,11H,9H2,1-3H3,(H,15,18)(H,16,17)/t22-,23-;2*11-/m011/s1. The number of carboxylic acid groups (broad SMARTS) is 2. The smallest absolute Gasteiger partial charge is 0.408 e. The molecule has 1 aliphatic rings. The fourth-order valence-corrected chi connectivity index (χ4v) is 7.17. The van der Waals surface area contributed by atoms with Gasteiger partial charge in [-0.2, -0.15) is 0 Å². The third-order valence-corrected chi connectivity index (χ3v) is 10.5. The van der Waals surface area contributed by atoms with Crippen LogP contribution in [-0.2, 0) is 54.6 Å². The average Bonchev–Trinajstić information content (AvgIpc) is 3.26. The maximum absolute atomic E-state index is 12.8. The molecule has 69 heavy (non-hydrogen) atoms. The largest absolute Gasteiger partial charge is 0.480 e. The summed E-state index contributed by atoms with van der Waals surface area (Å²) in [4.78, 5) is 70.9. The van der Waals surface area contributed by atoms with Gasteiger partial charge in [0.15, 0.2) is 0 Å². The molecule has 0 fully saturated rings. The van der Waals surface area contributed by atoms with Crippen LogP contribution in [0.2, 0.25) is 0 Å². The molecule has 0 aliphatic carbocycles. The van der Waals surface area contributed by atoms with Crippen molar-refractivity contribution >= 4 is 46.7 Å². The van der Waals surface area contributed by atoms with Crippen LogP contribution in [-0.4, -0.2) is 94.6 Å². The number of benzene rings is 4. The first kappa shape index (κ1) is 56.8. The number of rotatable bonds is 10. The van der Waals surface area contributed by atoms with Crippen LogP contribution < -0.4 is 31.9 Å². The summed E-state index contributed by atoms with van der Waals surface area (Å²) in [5.74, 6) is -1.82. The van der Waals surface area contributed by atoms with Crippen molar-refractivity contribution in [3.8, 4) is 0 Å². The Labute approximate surface area is 407 Å². The van der Waals surface area contributed by atoms with Gasteiger partial charge in [0, 0.05) is 39.0 Å². The number of hydrogen-bond donors (Lipinski definition) is 8. The van der Waals surface area contributed by atoms with Crippen LogP contribution in [0.25, 0.3) is 10.8 Å². The number of ether oxygens (including phenoxy) is 2. The van der Waals surface area contributed by atoms with E-state index in [1.54, 1.807) is 41.5 Å². The maximum Gasteiger partial charge on any atom is 0.408 e. The molecule has 4 amide bonds. The van der Waals surface area contributed by atoms with Crippen LogP contribution in [0.5, 0.6) is 0 Å². The number of nitrogens with one attached hydrogen (secondary N) is 6. The molecule has 0 unspecified atom stereocenters. The van der Waals surface area contributed by atoms with E-state index in [1.807, 2.05) is 72.8 Å². The van der Waals surface area contributed by atoms with E-state index >= 15 is 0 Å². The maximum atomic E-state index is 12.8. The Morgan fingerprint density at radius 3 is 1.20 bits per heavy atom. The quantitative estimate of drug-likeness (QED) is 0.0794. The minimum absolute atomic E-state index is 0.00768. The van der Waals surface area contributed by atoms with Crippen molar-refractivity contribution in [2.24, 2.45) is 11.8 Å². The van der Waals surface area contributed by atoms with E-state index in [4.69, 9.17) is 19.7 Å². The minimum Gasteiger partial charge on any atom is -0.480 e. The van der Waals surface area contributed by atoms with E-state index < -0.39 is 47.4 Å². The van der Waals surface area contributed by atoms with Crippen LogP contribution in [0.1, 0.15) is 97.9 Å². The molecule has 16 nitrogen and oxygen atoms in total. The molecule has 0 aromatic heterocycles. The summed E-state index contributed by atoms with van der Waals surface area (Å²) in [6, 6.07) is 28.3. The highest BCUT2D eigenvalue weighted by atomic mass is 16.6. The van der Waals surface area contributed by atoms with Gasteiger partial charge >= 0.3 is 24.1 Å². The van der Waals surface area contributed by atoms with E-state index in [2.05, 4.69) is 83.9 Å². The molecule has 0 saturated heterocycles. The summed E-state index contributed by atoms with van der Waals surface area (Å²) in [7, 11) is 0. The van der Waals surface area contributed by atoms with Gasteiger partial charge in [-0.1, -0.05) is 125 Å². The zero-order chi connectivity index (χ0) is 51.3. The van der Waals surface area contributed by atoms with E-state index in [-0.39, 0.29) is 48.6 Å². The molecule has 0 saturated carbocycles. The van der Waals surface area contributed by atoms with Gasteiger partial charge < -0.3 is 51.6 Å². The predicted molar refractivity (Wildman–Crippen MR) is 267 cm³/mol. The number of carbonyl (C=O) groups is 6. The Balaban J connectivity index is 0.000000289. The molecule has 0 spiro atoms. The Morgan fingerprint density at radius 2 is 0.899 bits per heavy atom. The van der Waals surface area contributed by atoms with Crippen molar-refractivity contribution in [3.63, 3.8) is 0 Å². The summed E-state index contributed by atoms with van der Waals surface area (Å²) in [5.41, 5.74) is 2.71. The fourth-order valence-electron chi connectivity index (χ4n) is 7.17. The summed E-state index contributed by atoms with van der Waals surface area (Å²) < 4.78 is 10.1. The van der Waals surface area contributed by atoms with Crippen LogP contribution in [0.15, 0.2) is 97.1 Å². The molecule has 5 rings (SSSR count). The molecule has 376 valence electrons. The number of carboxylic acids is 2. The first-order chi connectivity index (χ1) is 32.4. The number of carbonyl (C=O) groups excluding carboxylic acids is 4. The molecular weight excluding hydrogens is 881 g/mol. The number of aliphatic carboxylic acids is 2. The predicted octanol–water partition coefficient (Wildman–Crippen LogP) is 7.12. The third kappa shape index (κ3) is 21.1. The van der Waals surface area contributed by atoms with E-state index in [0.29, 0.717) is 32.6 Å². The molecule has 8 N–H and O–H groups in total. The fraction of sp³-hybridized carbons (Fsp3) is 0.472. The number of fused-ring (bicyclic) bond motifs is 6. The number of amides is 4. The molecule has 1 aliphatic heterocycles. The highest BCUT2D eigenvalue weighted by Gasteiger charge is 2.27. The Morgan fingerprint density at radius 1 is 0.565 bits per heavy atom. The van der Waals surface area contributed by atoms with Crippen LogP contribution >= 0.6 is 0 Å². The molecule has 4 atom stereocenters. The summed E-state index contributed by atoms with van der Waals surface area (Å²) in [6.07, 6.45) is -0.314. The van der Waals surface area contributed by atoms with Crippen LogP contribution in [0, 0.1) is 11.8 Å². The van der Waals surface area contributed by atoms with Crippen LogP contribution in [0.3, 0.4) is 0 Å². The van der Waals surface area contributed by atoms with Crippen molar-refractivity contribution < 1.29 is 48.5 Å². The highest BCUT2D eigenvalue weighted by Crippen LogP contribution is 2.24. The highest BCUT2D eigenvalue weighted by molar-refractivity contribution is 5.89. The van der Waals surface area contributed by atoms with Gasteiger partial charge in [0.05, 0.1) is 12.1 Å². The normalized spacial score (nSPS) is 16.8. The summed E-state index contributed by atoms with van der Waals surface area (Å²) in [5, 5.41) is 38.3. The lowest BCUT2D eigenvalue weighted by Gasteiger charge is -2.23. The van der Waals surface area contributed by atoms with E-state index in [0.717, 1.165) is 11.1 Å². The van der Waals surface area contributed by atoms with Gasteiger partial charge in [-0.15, -0.1) is 0 Å². The topological polar surface area (TPSA) is 234 Å². The van der Waals surface area contributed by atoms with E-state index in [1.165, 1.54) is 21.9 Å². The average molecular weight is 955 g/mol.